The molecule has 1 atom stereocenters. The van der Waals surface area contributed by atoms with Gasteiger partial charge in [-0.15, -0.1) is 0 Å². The third-order valence-corrected chi connectivity index (χ3v) is 5.75. The Kier molecular flexibility index (Phi) is 6.68. The van der Waals surface area contributed by atoms with Gasteiger partial charge in [0, 0.05) is 24.4 Å². The quantitative estimate of drug-likeness (QED) is 0.832. The summed E-state index contributed by atoms with van der Waals surface area (Å²) in [5, 5.41) is 8.59. The van der Waals surface area contributed by atoms with Gasteiger partial charge >= 0.3 is 0 Å². The number of hydrogen-bond donors (Lipinski definition) is 1. The second kappa shape index (κ2) is 7.80. The summed E-state index contributed by atoms with van der Waals surface area (Å²) in [5.74, 6) is 4.70. The molecule has 116 valence electrons. The SMILES string of the molecule is CSCC(C)N(C)S(=O)(=O)c1ccc(C#CCO)cc1F. The van der Waals surface area contributed by atoms with Crippen molar-refractivity contribution in [2.45, 2.75) is 17.9 Å². The molecule has 21 heavy (non-hydrogen) atoms. The maximum Gasteiger partial charge on any atom is 0.246 e. The number of aliphatic hydroxyl groups is 1. The molecule has 0 aliphatic carbocycles. The first-order valence-electron chi connectivity index (χ1n) is 6.20. The van der Waals surface area contributed by atoms with E-state index in [4.69, 9.17) is 5.11 Å². The highest BCUT2D eigenvalue weighted by Gasteiger charge is 2.27. The molecular weight excluding hydrogens is 313 g/mol. The number of halogens is 1. The number of sulfonamides is 1. The molecule has 1 aromatic rings. The first kappa shape index (κ1) is 18.0. The van der Waals surface area contributed by atoms with Crippen molar-refractivity contribution < 1.29 is 17.9 Å². The van der Waals surface area contributed by atoms with Gasteiger partial charge in [-0.1, -0.05) is 11.8 Å². The third-order valence-electron chi connectivity index (χ3n) is 2.93. The Morgan fingerprint density at radius 2 is 2.14 bits per heavy atom. The standard InChI is InChI=1S/C14H18FNO3S2/c1-11(10-20-3)16(2)21(18,19)14-7-6-12(5-4-8-17)9-13(14)15/h6-7,9,11,17H,8,10H2,1-3H3. The van der Waals surface area contributed by atoms with Gasteiger partial charge in [0.1, 0.15) is 17.3 Å². The minimum absolute atomic E-state index is 0.238. The third kappa shape index (κ3) is 4.45. The van der Waals surface area contributed by atoms with Crippen LogP contribution in [-0.4, -0.2) is 49.5 Å². The van der Waals surface area contributed by atoms with Gasteiger partial charge in [-0.25, -0.2) is 12.8 Å². The van der Waals surface area contributed by atoms with Crippen molar-refractivity contribution in [3.05, 3.63) is 29.6 Å². The zero-order valence-electron chi connectivity index (χ0n) is 12.1. The molecule has 0 bridgehead atoms. The Morgan fingerprint density at radius 1 is 1.48 bits per heavy atom. The molecule has 0 aliphatic heterocycles. The molecule has 0 aromatic heterocycles. The molecule has 0 saturated heterocycles. The van der Waals surface area contributed by atoms with Crippen molar-refractivity contribution in [2.75, 3.05) is 25.7 Å². The first-order chi connectivity index (χ1) is 9.84. The van der Waals surface area contributed by atoms with Gasteiger partial charge in [-0.2, -0.15) is 16.1 Å². The predicted octanol–water partition coefficient (Wildman–Crippen LogP) is 1.54. The van der Waals surface area contributed by atoms with E-state index in [9.17, 15) is 12.8 Å². The number of thioether (sulfide) groups is 1. The van der Waals surface area contributed by atoms with Gasteiger partial charge in [0.15, 0.2) is 0 Å². The van der Waals surface area contributed by atoms with E-state index >= 15 is 0 Å². The summed E-state index contributed by atoms with van der Waals surface area (Å²) in [6.45, 7) is 1.43. The number of hydrogen-bond acceptors (Lipinski definition) is 4. The normalized spacial score (nSPS) is 12.9. The minimum Gasteiger partial charge on any atom is -0.384 e. The lowest BCUT2D eigenvalue weighted by atomic mass is 10.2. The highest BCUT2D eigenvalue weighted by atomic mass is 32.2. The molecular formula is C14H18FNO3S2. The van der Waals surface area contributed by atoms with Crippen molar-refractivity contribution in [3.63, 3.8) is 0 Å². The van der Waals surface area contributed by atoms with E-state index in [0.717, 1.165) is 6.07 Å². The van der Waals surface area contributed by atoms with Gasteiger partial charge in [-0.3, -0.25) is 0 Å². The Balaban J connectivity index is 3.15. The molecule has 7 heteroatoms. The minimum atomic E-state index is -3.88. The fourth-order valence-electron chi connectivity index (χ4n) is 1.67. The maximum atomic E-state index is 14.0. The summed E-state index contributed by atoms with van der Waals surface area (Å²) < 4.78 is 40.0. The van der Waals surface area contributed by atoms with Crippen LogP contribution in [0.1, 0.15) is 12.5 Å². The molecule has 0 saturated carbocycles. The summed E-state index contributed by atoms with van der Waals surface area (Å²) in [4.78, 5) is -0.368. The van der Waals surface area contributed by atoms with Crippen molar-refractivity contribution in [3.8, 4) is 11.8 Å². The number of nitrogens with zero attached hydrogens (tertiary/aromatic N) is 1. The molecule has 0 radical (unpaired) electrons. The Labute approximate surface area is 129 Å². The molecule has 1 rings (SSSR count). The van der Waals surface area contributed by atoms with Crippen LogP contribution in [-0.2, 0) is 10.0 Å². The Morgan fingerprint density at radius 3 is 2.67 bits per heavy atom. The predicted molar refractivity (Wildman–Crippen MR) is 83.2 cm³/mol. The van der Waals surface area contributed by atoms with Gasteiger partial charge < -0.3 is 5.11 Å². The second-order valence-corrected chi connectivity index (χ2v) is 7.31. The zero-order chi connectivity index (χ0) is 16.0. The maximum absolute atomic E-state index is 14.0. The van der Waals surface area contributed by atoms with Crippen LogP contribution in [0.25, 0.3) is 0 Å². The van der Waals surface area contributed by atoms with Gasteiger partial charge in [-0.05, 0) is 31.4 Å². The lowest BCUT2D eigenvalue weighted by molar-refractivity contribution is 0.350. The van der Waals surface area contributed by atoms with Crippen LogP contribution in [0.15, 0.2) is 23.1 Å². The molecule has 0 spiro atoms. The molecule has 0 heterocycles. The van der Waals surface area contributed by atoms with E-state index in [0.29, 0.717) is 11.3 Å². The second-order valence-electron chi connectivity index (χ2n) is 4.43. The smallest absolute Gasteiger partial charge is 0.246 e. The molecule has 0 aliphatic rings. The first-order valence-corrected chi connectivity index (χ1v) is 9.04. The van der Waals surface area contributed by atoms with Crippen molar-refractivity contribution in [2.24, 2.45) is 0 Å². The number of rotatable bonds is 5. The molecule has 1 aromatic carbocycles. The summed E-state index contributed by atoms with van der Waals surface area (Å²) in [7, 11) is -2.44. The Hall–Kier alpha value is -1.07. The fourth-order valence-corrected chi connectivity index (χ4v) is 3.87. The average molecular weight is 331 g/mol. The van der Waals surface area contributed by atoms with Gasteiger partial charge in [0.05, 0.1) is 0 Å². The van der Waals surface area contributed by atoms with Crippen molar-refractivity contribution >= 4 is 21.8 Å². The summed E-state index contributed by atoms with van der Waals surface area (Å²) >= 11 is 1.52. The van der Waals surface area contributed by atoms with E-state index in [-0.39, 0.29) is 17.5 Å². The van der Waals surface area contributed by atoms with E-state index in [1.165, 1.54) is 35.2 Å². The zero-order valence-corrected chi connectivity index (χ0v) is 13.8. The van der Waals surface area contributed by atoms with Gasteiger partial charge in [0.25, 0.3) is 0 Å². The molecule has 4 nitrogen and oxygen atoms in total. The van der Waals surface area contributed by atoms with Crippen LogP contribution < -0.4 is 0 Å². The lowest BCUT2D eigenvalue weighted by Gasteiger charge is -2.23. The van der Waals surface area contributed by atoms with Crippen LogP contribution in [0.3, 0.4) is 0 Å². The molecule has 0 amide bonds. The molecule has 1 N–H and O–H groups in total. The number of aliphatic hydroxyl groups excluding tert-OH is 1. The van der Waals surface area contributed by atoms with Crippen LogP contribution in [0.5, 0.6) is 0 Å². The summed E-state index contributed by atoms with van der Waals surface area (Å²) in [6, 6.07) is 3.45. The number of benzene rings is 1. The monoisotopic (exact) mass is 331 g/mol. The van der Waals surface area contributed by atoms with E-state index in [1.807, 2.05) is 6.26 Å². The highest BCUT2D eigenvalue weighted by Crippen LogP contribution is 2.21. The summed E-state index contributed by atoms with van der Waals surface area (Å²) in [5.41, 5.74) is 0.320. The van der Waals surface area contributed by atoms with Crippen molar-refractivity contribution in [1.82, 2.24) is 4.31 Å². The molecule has 1 unspecified atom stereocenters. The lowest BCUT2D eigenvalue weighted by Crippen LogP contribution is -2.37. The van der Waals surface area contributed by atoms with Crippen molar-refractivity contribution in [1.29, 1.82) is 0 Å². The van der Waals surface area contributed by atoms with E-state index in [2.05, 4.69) is 11.8 Å². The Bertz CT molecular complexity index is 650. The fraction of sp³-hybridized carbons (Fsp3) is 0.429. The van der Waals surface area contributed by atoms with E-state index in [1.54, 1.807) is 6.92 Å². The average Bonchev–Trinajstić information content (AvgIpc) is 2.44. The van der Waals surface area contributed by atoms with Crippen LogP contribution in [0.4, 0.5) is 4.39 Å². The van der Waals surface area contributed by atoms with Crippen LogP contribution in [0.2, 0.25) is 0 Å². The summed E-state index contributed by atoms with van der Waals surface area (Å²) in [6.07, 6.45) is 1.88. The largest absolute Gasteiger partial charge is 0.384 e. The van der Waals surface area contributed by atoms with Gasteiger partial charge in [0.2, 0.25) is 10.0 Å². The van der Waals surface area contributed by atoms with E-state index < -0.39 is 15.8 Å². The van der Waals surface area contributed by atoms with Crippen LogP contribution in [0, 0.1) is 17.7 Å². The highest BCUT2D eigenvalue weighted by molar-refractivity contribution is 7.98. The molecule has 0 fully saturated rings. The van der Waals surface area contributed by atoms with Crippen LogP contribution >= 0.6 is 11.8 Å². The topological polar surface area (TPSA) is 57.6 Å².